The third-order valence-electron chi connectivity index (χ3n) is 3.62. The summed E-state index contributed by atoms with van der Waals surface area (Å²) in [5.41, 5.74) is 1.80. The maximum atomic E-state index is 12.2. The van der Waals surface area contributed by atoms with E-state index >= 15 is 0 Å². The van der Waals surface area contributed by atoms with Gasteiger partial charge in [-0.1, -0.05) is 6.07 Å². The number of carbonyl (C=O) groups is 1. The van der Waals surface area contributed by atoms with Crippen LogP contribution in [0.5, 0.6) is 0 Å². The molecule has 1 aliphatic rings. The number of anilines is 1. The first-order valence-electron chi connectivity index (χ1n) is 7.18. The molecule has 110 valence electrons. The monoisotopic (exact) mass is 285 g/mol. The van der Waals surface area contributed by atoms with Gasteiger partial charge in [0.25, 0.3) is 0 Å². The van der Waals surface area contributed by atoms with Crippen LogP contribution in [-0.4, -0.2) is 33.8 Å². The molecule has 1 aliphatic heterocycles. The molecule has 1 amide bonds. The highest BCUT2D eigenvalue weighted by Gasteiger charge is 2.23. The van der Waals surface area contributed by atoms with Crippen LogP contribution >= 0.6 is 0 Å². The molecule has 0 spiro atoms. The van der Waals surface area contributed by atoms with Crippen molar-refractivity contribution in [2.24, 2.45) is 5.92 Å². The van der Waals surface area contributed by atoms with Crippen molar-refractivity contribution in [2.45, 2.75) is 19.9 Å². The third kappa shape index (κ3) is 3.28. The molecule has 1 unspecified atom stereocenters. The van der Waals surface area contributed by atoms with Crippen LogP contribution in [-0.2, 0) is 11.3 Å². The van der Waals surface area contributed by atoms with Crippen molar-refractivity contribution in [2.75, 3.05) is 18.4 Å². The maximum absolute atomic E-state index is 12.2. The second-order valence-corrected chi connectivity index (χ2v) is 5.33. The summed E-state index contributed by atoms with van der Waals surface area (Å²) < 4.78 is 1.79. The Bertz CT molecular complexity index is 616. The number of amides is 1. The SMILES string of the molecule is Cc1cc(NC(=O)C2CCNC2)n(Cc2ccccn2)n1. The summed E-state index contributed by atoms with van der Waals surface area (Å²) in [6.45, 7) is 4.12. The van der Waals surface area contributed by atoms with Gasteiger partial charge in [-0.05, 0) is 32.0 Å². The van der Waals surface area contributed by atoms with Gasteiger partial charge in [0.2, 0.25) is 5.91 Å². The van der Waals surface area contributed by atoms with Crippen LogP contribution in [0.2, 0.25) is 0 Å². The molecule has 6 heteroatoms. The number of aryl methyl sites for hydroxylation is 1. The minimum absolute atomic E-state index is 0.0449. The van der Waals surface area contributed by atoms with Crippen LogP contribution in [0.1, 0.15) is 17.8 Å². The summed E-state index contributed by atoms with van der Waals surface area (Å²) in [6, 6.07) is 7.67. The van der Waals surface area contributed by atoms with E-state index in [1.54, 1.807) is 10.9 Å². The number of nitrogens with zero attached hydrogens (tertiary/aromatic N) is 3. The predicted molar refractivity (Wildman–Crippen MR) is 79.9 cm³/mol. The van der Waals surface area contributed by atoms with Gasteiger partial charge >= 0.3 is 0 Å². The fraction of sp³-hybridized carbons (Fsp3) is 0.400. The Labute approximate surface area is 123 Å². The third-order valence-corrected chi connectivity index (χ3v) is 3.62. The van der Waals surface area contributed by atoms with Crippen molar-refractivity contribution in [1.82, 2.24) is 20.1 Å². The second kappa shape index (κ2) is 6.05. The number of hydrogen-bond donors (Lipinski definition) is 2. The van der Waals surface area contributed by atoms with Crippen LogP contribution in [0.25, 0.3) is 0 Å². The van der Waals surface area contributed by atoms with Crippen LogP contribution < -0.4 is 10.6 Å². The van der Waals surface area contributed by atoms with E-state index in [2.05, 4.69) is 20.7 Å². The average molecular weight is 285 g/mol. The maximum Gasteiger partial charge on any atom is 0.229 e. The molecule has 2 aromatic rings. The molecular formula is C15H19N5O. The predicted octanol–water partition coefficient (Wildman–Crippen LogP) is 1.18. The Morgan fingerprint density at radius 2 is 2.43 bits per heavy atom. The van der Waals surface area contributed by atoms with Gasteiger partial charge in [-0.2, -0.15) is 5.10 Å². The molecule has 1 atom stereocenters. The van der Waals surface area contributed by atoms with Crippen LogP contribution in [0.3, 0.4) is 0 Å². The van der Waals surface area contributed by atoms with E-state index in [1.165, 1.54) is 0 Å². The minimum Gasteiger partial charge on any atom is -0.316 e. The Kier molecular flexibility index (Phi) is 3.96. The van der Waals surface area contributed by atoms with E-state index in [0.717, 1.165) is 36.7 Å². The first-order valence-corrected chi connectivity index (χ1v) is 7.18. The van der Waals surface area contributed by atoms with Crippen molar-refractivity contribution < 1.29 is 4.79 Å². The first kappa shape index (κ1) is 13.8. The van der Waals surface area contributed by atoms with Crippen molar-refractivity contribution in [1.29, 1.82) is 0 Å². The molecule has 0 aromatic carbocycles. The van der Waals surface area contributed by atoms with Gasteiger partial charge in [0.1, 0.15) is 5.82 Å². The summed E-state index contributed by atoms with van der Waals surface area (Å²) in [7, 11) is 0. The van der Waals surface area contributed by atoms with E-state index in [9.17, 15) is 4.79 Å². The molecule has 2 aromatic heterocycles. The molecule has 1 fully saturated rings. The number of nitrogens with one attached hydrogen (secondary N) is 2. The summed E-state index contributed by atoms with van der Waals surface area (Å²) in [6.07, 6.45) is 2.65. The highest BCUT2D eigenvalue weighted by atomic mass is 16.2. The highest BCUT2D eigenvalue weighted by molar-refractivity contribution is 5.92. The molecule has 0 saturated carbocycles. The van der Waals surface area contributed by atoms with Crippen molar-refractivity contribution >= 4 is 11.7 Å². The Balaban J connectivity index is 1.74. The molecular weight excluding hydrogens is 266 g/mol. The lowest BCUT2D eigenvalue weighted by Gasteiger charge is -2.11. The van der Waals surface area contributed by atoms with Gasteiger partial charge in [-0.25, -0.2) is 4.68 Å². The molecule has 0 bridgehead atoms. The van der Waals surface area contributed by atoms with Gasteiger partial charge in [-0.3, -0.25) is 9.78 Å². The summed E-state index contributed by atoms with van der Waals surface area (Å²) in [4.78, 5) is 16.5. The topological polar surface area (TPSA) is 71.8 Å². The lowest BCUT2D eigenvalue weighted by atomic mass is 10.1. The van der Waals surface area contributed by atoms with Crippen molar-refractivity contribution in [3.05, 3.63) is 41.9 Å². The summed E-state index contributed by atoms with van der Waals surface area (Å²) in [5.74, 6) is 0.834. The number of hydrogen-bond acceptors (Lipinski definition) is 4. The first-order chi connectivity index (χ1) is 10.2. The Hall–Kier alpha value is -2.21. The number of aromatic nitrogens is 3. The highest BCUT2D eigenvalue weighted by Crippen LogP contribution is 2.15. The van der Waals surface area contributed by atoms with Gasteiger partial charge in [0.05, 0.1) is 23.9 Å². The molecule has 6 nitrogen and oxygen atoms in total. The van der Waals surface area contributed by atoms with Crippen LogP contribution in [0, 0.1) is 12.8 Å². The standard InChI is InChI=1S/C15H19N5O/c1-11-8-14(18-15(21)12-5-7-16-9-12)20(19-11)10-13-4-2-3-6-17-13/h2-4,6,8,12,16H,5,7,9-10H2,1H3,(H,18,21). The van der Waals surface area contributed by atoms with E-state index in [4.69, 9.17) is 0 Å². The Morgan fingerprint density at radius 1 is 1.52 bits per heavy atom. The fourth-order valence-electron chi connectivity index (χ4n) is 2.52. The molecule has 3 rings (SSSR count). The normalized spacial score (nSPS) is 17.9. The fourth-order valence-corrected chi connectivity index (χ4v) is 2.52. The van der Waals surface area contributed by atoms with Gasteiger partial charge in [-0.15, -0.1) is 0 Å². The van der Waals surface area contributed by atoms with Crippen LogP contribution in [0.4, 0.5) is 5.82 Å². The smallest absolute Gasteiger partial charge is 0.229 e. The van der Waals surface area contributed by atoms with Gasteiger partial charge in [0.15, 0.2) is 0 Å². The van der Waals surface area contributed by atoms with Crippen molar-refractivity contribution in [3.63, 3.8) is 0 Å². The molecule has 21 heavy (non-hydrogen) atoms. The van der Waals surface area contributed by atoms with E-state index < -0.39 is 0 Å². The number of carbonyl (C=O) groups excluding carboxylic acids is 1. The zero-order valence-corrected chi connectivity index (χ0v) is 12.0. The zero-order chi connectivity index (χ0) is 14.7. The van der Waals surface area contributed by atoms with E-state index in [0.29, 0.717) is 6.54 Å². The van der Waals surface area contributed by atoms with Gasteiger partial charge < -0.3 is 10.6 Å². The lowest BCUT2D eigenvalue weighted by Crippen LogP contribution is -2.26. The number of rotatable bonds is 4. The average Bonchev–Trinajstić information content (AvgIpc) is 3.11. The molecule has 0 radical (unpaired) electrons. The minimum atomic E-state index is 0.0449. The van der Waals surface area contributed by atoms with Gasteiger partial charge in [0, 0.05) is 18.8 Å². The van der Waals surface area contributed by atoms with Crippen molar-refractivity contribution in [3.8, 4) is 0 Å². The molecule has 0 aliphatic carbocycles. The Morgan fingerprint density at radius 3 is 3.14 bits per heavy atom. The van der Waals surface area contributed by atoms with E-state index in [1.807, 2.05) is 31.2 Å². The molecule has 1 saturated heterocycles. The second-order valence-electron chi connectivity index (χ2n) is 5.33. The summed E-state index contributed by atoms with van der Waals surface area (Å²) >= 11 is 0. The zero-order valence-electron chi connectivity index (χ0n) is 12.0. The quantitative estimate of drug-likeness (QED) is 0.885. The lowest BCUT2D eigenvalue weighted by molar-refractivity contribution is -0.119. The molecule has 3 heterocycles. The van der Waals surface area contributed by atoms with E-state index in [-0.39, 0.29) is 11.8 Å². The summed E-state index contributed by atoms with van der Waals surface area (Å²) in [5, 5.41) is 10.6. The number of pyridine rings is 1. The largest absolute Gasteiger partial charge is 0.316 e. The van der Waals surface area contributed by atoms with Crippen LogP contribution in [0.15, 0.2) is 30.5 Å². The molecule has 2 N–H and O–H groups in total.